The first-order valence-corrected chi connectivity index (χ1v) is 7.55. The molecule has 1 aliphatic rings. The molecule has 1 amide bonds. The van der Waals surface area contributed by atoms with E-state index < -0.39 is 0 Å². The summed E-state index contributed by atoms with van der Waals surface area (Å²) in [5.74, 6) is 0.670. The van der Waals surface area contributed by atoms with Crippen LogP contribution in [0.25, 0.3) is 0 Å². The second-order valence-corrected chi connectivity index (χ2v) is 5.83. The Bertz CT molecular complexity index is 453. The average Bonchev–Trinajstić information content (AvgIpc) is 2.72. The number of anilines is 1. The third-order valence-electron chi connectivity index (χ3n) is 4.25. The normalized spacial score (nSPS) is 19.1. The Morgan fingerprint density at radius 2 is 2.05 bits per heavy atom. The van der Waals surface area contributed by atoms with Crippen LogP contribution in [0.3, 0.4) is 0 Å². The van der Waals surface area contributed by atoms with Crippen LogP contribution >= 0.6 is 0 Å². The Kier molecular flexibility index (Phi) is 4.62. The van der Waals surface area contributed by atoms with Crippen LogP contribution in [0.5, 0.6) is 0 Å². The van der Waals surface area contributed by atoms with Crippen LogP contribution in [0.15, 0.2) is 18.2 Å². The van der Waals surface area contributed by atoms with Crippen molar-refractivity contribution in [3.05, 3.63) is 29.3 Å². The predicted octanol–water partition coefficient (Wildman–Crippen LogP) is 4.64. The van der Waals surface area contributed by atoms with E-state index in [1.807, 2.05) is 0 Å². The van der Waals surface area contributed by atoms with Crippen molar-refractivity contribution in [3.63, 3.8) is 0 Å². The van der Waals surface area contributed by atoms with Crippen molar-refractivity contribution in [2.45, 2.75) is 58.8 Å². The molecule has 2 heteroatoms. The monoisotopic (exact) mass is 259 g/mol. The fourth-order valence-corrected chi connectivity index (χ4v) is 3.09. The zero-order chi connectivity index (χ0) is 13.8. The number of aryl methyl sites for hydroxylation is 1. The average molecular weight is 259 g/mol. The van der Waals surface area contributed by atoms with E-state index in [1.54, 1.807) is 0 Å². The number of hydrogen-bond acceptors (Lipinski definition) is 1. The maximum atomic E-state index is 12.2. The van der Waals surface area contributed by atoms with Gasteiger partial charge < -0.3 is 5.32 Å². The van der Waals surface area contributed by atoms with E-state index >= 15 is 0 Å². The van der Waals surface area contributed by atoms with Crippen LogP contribution in [0, 0.1) is 12.8 Å². The number of rotatable bonds is 6. The van der Waals surface area contributed by atoms with Gasteiger partial charge in [-0.2, -0.15) is 0 Å². The Hall–Kier alpha value is -1.31. The zero-order valence-corrected chi connectivity index (χ0v) is 12.3. The van der Waals surface area contributed by atoms with Gasteiger partial charge in [0.05, 0.1) is 5.92 Å². The van der Waals surface area contributed by atoms with E-state index in [-0.39, 0.29) is 11.8 Å². The van der Waals surface area contributed by atoms with E-state index in [2.05, 4.69) is 44.3 Å². The van der Waals surface area contributed by atoms with Crippen molar-refractivity contribution in [1.82, 2.24) is 0 Å². The minimum Gasteiger partial charge on any atom is -0.325 e. The highest BCUT2D eigenvalue weighted by molar-refractivity contribution is 6.03. The van der Waals surface area contributed by atoms with Gasteiger partial charge in [0.15, 0.2) is 0 Å². The number of hydrogen-bond donors (Lipinski definition) is 1. The molecule has 0 spiro atoms. The van der Waals surface area contributed by atoms with Crippen molar-refractivity contribution in [2.24, 2.45) is 5.92 Å². The van der Waals surface area contributed by atoms with Gasteiger partial charge in [-0.1, -0.05) is 57.7 Å². The SMILES string of the molecule is CCCCCCC(C)C1C(=O)Nc2c(C)cccc21. The summed E-state index contributed by atoms with van der Waals surface area (Å²) >= 11 is 0. The van der Waals surface area contributed by atoms with E-state index in [9.17, 15) is 4.79 Å². The molecule has 0 saturated carbocycles. The smallest absolute Gasteiger partial charge is 0.232 e. The van der Waals surface area contributed by atoms with Crippen LogP contribution in [0.2, 0.25) is 0 Å². The molecule has 1 aliphatic heterocycles. The van der Waals surface area contributed by atoms with Crippen LogP contribution in [-0.4, -0.2) is 5.91 Å². The molecular weight excluding hydrogens is 234 g/mol. The summed E-state index contributed by atoms with van der Waals surface area (Å²) in [6.45, 7) is 6.51. The van der Waals surface area contributed by atoms with Gasteiger partial charge in [-0.3, -0.25) is 4.79 Å². The molecule has 2 atom stereocenters. The molecular formula is C17H25NO. The van der Waals surface area contributed by atoms with Crippen molar-refractivity contribution in [2.75, 3.05) is 5.32 Å². The van der Waals surface area contributed by atoms with Gasteiger partial charge in [0.25, 0.3) is 0 Å². The second kappa shape index (κ2) is 6.23. The molecule has 1 aromatic rings. The van der Waals surface area contributed by atoms with E-state index in [1.165, 1.54) is 36.8 Å². The molecule has 2 rings (SSSR count). The summed E-state index contributed by atoms with van der Waals surface area (Å²) in [6, 6.07) is 6.23. The number of benzene rings is 1. The Morgan fingerprint density at radius 1 is 1.26 bits per heavy atom. The molecule has 0 fully saturated rings. The first-order chi connectivity index (χ1) is 9.15. The largest absolute Gasteiger partial charge is 0.325 e. The maximum absolute atomic E-state index is 12.2. The van der Waals surface area contributed by atoms with E-state index in [0.29, 0.717) is 5.92 Å². The molecule has 1 heterocycles. The summed E-state index contributed by atoms with van der Waals surface area (Å²) in [7, 11) is 0. The van der Waals surface area contributed by atoms with Gasteiger partial charge in [-0.25, -0.2) is 0 Å². The van der Waals surface area contributed by atoms with E-state index in [4.69, 9.17) is 0 Å². The Balaban J connectivity index is 2.05. The first-order valence-electron chi connectivity index (χ1n) is 7.55. The number of carbonyl (C=O) groups is 1. The van der Waals surface area contributed by atoms with Crippen LogP contribution in [-0.2, 0) is 4.79 Å². The highest BCUT2D eigenvalue weighted by atomic mass is 16.2. The molecule has 2 unspecified atom stereocenters. The van der Waals surface area contributed by atoms with Crippen LogP contribution in [0.4, 0.5) is 5.69 Å². The minimum absolute atomic E-state index is 0.0523. The lowest BCUT2D eigenvalue weighted by molar-refractivity contribution is -0.118. The molecule has 19 heavy (non-hydrogen) atoms. The van der Waals surface area contributed by atoms with Crippen molar-refractivity contribution in [1.29, 1.82) is 0 Å². The highest BCUT2D eigenvalue weighted by Gasteiger charge is 2.34. The van der Waals surface area contributed by atoms with Crippen molar-refractivity contribution in [3.8, 4) is 0 Å². The third-order valence-corrected chi connectivity index (χ3v) is 4.25. The standard InChI is InChI=1S/C17H25NO/c1-4-5-6-7-9-12(2)15-14-11-8-10-13(3)16(14)18-17(15)19/h8,10-12,15H,4-7,9H2,1-3H3,(H,18,19). The Morgan fingerprint density at radius 3 is 2.79 bits per heavy atom. The molecule has 2 nitrogen and oxygen atoms in total. The fraction of sp³-hybridized carbons (Fsp3) is 0.588. The van der Waals surface area contributed by atoms with Crippen molar-refractivity contribution < 1.29 is 4.79 Å². The quantitative estimate of drug-likeness (QED) is 0.741. The summed E-state index contributed by atoms with van der Waals surface area (Å²) in [5.41, 5.74) is 3.43. The number of carbonyl (C=O) groups excluding carboxylic acids is 1. The number of nitrogens with one attached hydrogen (secondary N) is 1. The molecule has 0 radical (unpaired) electrons. The highest BCUT2D eigenvalue weighted by Crippen LogP contribution is 2.40. The summed E-state index contributed by atoms with van der Waals surface area (Å²) in [5, 5.41) is 3.06. The molecule has 0 aliphatic carbocycles. The van der Waals surface area contributed by atoms with Gasteiger partial charge >= 0.3 is 0 Å². The second-order valence-electron chi connectivity index (χ2n) is 5.83. The molecule has 1 aromatic carbocycles. The van der Waals surface area contributed by atoms with Crippen LogP contribution in [0.1, 0.15) is 63.0 Å². The zero-order valence-electron chi connectivity index (χ0n) is 12.3. The Labute approximate surface area is 116 Å². The third kappa shape index (κ3) is 2.99. The number of amides is 1. The number of fused-ring (bicyclic) bond motifs is 1. The van der Waals surface area contributed by atoms with E-state index in [0.717, 1.165) is 12.1 Å². The lowest BCUT2D eigenvalue weighted by atomic mass is 9.84. The topological polar surface area (TPSA) is 29.1 Å². The molecule has 0 aromatic heterocycles. The molecule has 1 N–H and O–H groups in total. The fourth-order valence-electron chi connectivity index (χ4n) is 3.09. The summed E-state index contributed by atoms with van der Waals surface area (Å²) in [6.07, 6.45) is 6.24. The number of unbranched alkanes of at least 4 members (excludes halogenated alkanes) is 3. The lowest BCUT2D eigenvalue weighted by Crippen LogP contribution is -2.19. The van der Waals surface area contributed by atoms with Gasteiger partial charge in [0.1, 0.15) is 0 Å². The van der Waals surface area contributed by atoms with Crippen molar-refractivity contribution >= 4 is 11.6 Å². The summed E-state index contributed by atoms with van der Waals surface area (Å²) in [4.78, 5) is 12.2. The van der Waals surface area contributed by atoms with Gasteiger partial charge in [-0.15, -0.1) is 0 Å². The molecule has 0 bridgehead atoms. The first kappa shape index (κ1) is 14.1. The lowest BCUT2D eigenvalue weighted by Gasteiger charge is -2.18. The van der Waals surface area contributed by atoms with Gasteiger partial charge in [-0.05, 0) is 30.4 Å². The summed E-state index contributed by atoms with van der Waals surface area (Å²) < 4.78 is 0. The number of para-hydroxylation sites is 1. The van der Waals surface area contributed by atoms with Crippen LogP contribution < -0.4 is 5.32 Å². The van der Waals surface area contributed by atoms with Gasteiger partial charge in [0, 0.05) is 5.69 Å². The molecule has 104 valence electrons. The molecule has 0 saturated heterocycles. The predicted molar refractivity (Wildman–Crippen MR) is 80.5 cm³/mol. The maximum Gasteiger partial charge on any atom is 0.232 e. The minimum atomic E-state index is 0.0523. The van der Waals surface area contributed by atoms with Gasteiger partial charge in [0.2, 0.25) is 5.91 Å².